The molecule has 0 saturated carbocycles. The number of nitrogens with one attached hydrogen (secondary N) is 1. The highest BCUT2D eigenvalue weighted by atomic mass is 16.6. The van der Waals surface area contributed by atoms with E-state index in [4.69, 9.17) is 0 Å². The van der Waals surface area contributed by atoms with Crippen molar-refractivity contribution in [3.8, 4) is 0 Å². The first kappa shape index (κ1) is 15.2. The fourth-order valence-electron chi connectivity index (χ4n) is 1.25. The third-order valence-electron chi connectivity index (χ3n) is 2.23. The molecule has 0 aromatic heterocycles. The SMILES string of the molecule is COC(=O)/C=C(/Nc1ccc([N+](=O)[O-])cc1)C(=O)OC. The monoisotopic (exact) mass is 280 g/mol. The van der Waals surface area contributed by atoms with Crippen LogP contribution in [-0.2, 0) is 19.1 Å². The van der Waals surface area contributed by atoms with E-state index in [9.17, 15) is 19.7 Å². The number of methoxy groups -OCH3 is 2. The minimum Gasteiger partial charge on any atom is -0.466 e. The lowest BCUT2D eigenvalue weighted by Crippen LogP contribution is -2.15. The Morgan fingerprint density at radius 3 is 2.25 bits per heavy atom. The molecule has 8 nitrogen and oxygen atoms in total. The van der Waals surface area contributed by atoms with E-state index in [0.717, 1.165) is 13.2 Å². The van der Waals surface area contributed by atoms with Crippen molar-refractivity contribution in [3.63, 3.8) is 0 Å². The second-order valence-electron chi connectivity index (χ2n) is 3.50. The molecule has 0 aliphatic carbocycles. The molecule has 1 rings (SSSR count). The molecule has 0 amide bonds. The zero-order chi connectivity index (χ0) is 15.1. The summed E-state index contributed by atoms with van der Waals surface area (Å²) in [6.45, 7) is 0. The molecule has 106 valence electrons. The third-order valence-corrected chi connectivity index (χ3v) is 2.23. The van der Waals surface area contributed by atoms with Crippen molar-refractivity contribution in [2.24, 2.45) is 0 Å². The van der Waals surface area contributed by atoms with Gasteiger partial charge in [-0.1, -0.05) is 0 Å². The zero-order valence-electron chi connectivity index (χ0n) is 10.8. The number of hydrogen-bond acceptors (Lipinski definition) is 7. The molecular formula is C12H12N2O6. The molecule has 0 radical (unpaired) electrons. The predicted molar refractivity (Wildman–Crippen MR) is 68.8 cm³/mol. The minimum absolute atomic E-state index is 0.0906. The van der Waals surface area contributed by atoms with Crippen LogP contribution in [0.1, 0.15) is 0 Å². The number of anilines is 1. The van der Waals surface area contributed by atoms with Crippen molar-refractivity contribution in [2.75, 3.05) is 19.5 Å². The Bertz CT molecular complexity index is 550. The van der Waals surface area contributed by atoms with Gasteiger partial charge in [-0.3, -0.25) is 10.1 Å². The number of hydrogen-bond donors (Lipinski definition) is 1. The maximum absolute atomic E-state index is 11.5. The van der Waals surface area contributed by atoms with Gasteiger partial charge in [-0.05, 0) is 12.1 Å². The summed E-state index contributed by atoms with van der Waals surface area (Å²) < 4.78 is 8.92. The lowest BCUT2D eigenvalue weighted by molar-refractivity contribution is -0.384. The van der Waals surface area contributed by atoms with Crippen molar-refractivity contribution in [2.45, 2.75) is 0 Å². The first-order chi connectivity index (χ1) is 9.47. The summed E-state index contributed by atoms with van der Waals surface area (Å²) in [5.74, 6) is -1.51. The molecule has 0 saturated heterocycles. The smallest absolute Gasteiger partial charge is 0.354 e. The molecule has 1 aromatic rings. The summed E-state index contributed by atoms with van der Waals surface area (Å²) in [6, 6.07) is 5.31. The van der Waals surface area contributed by atoms with E-state index in [1.165, 1.54) is 31.4 Å². The highest BCUT2D eigenvalue weighted by Gasteiger charge is 2.13. The zero-order valence-corrected chi connectivity index (χ0v) is 10.8. The van der Waals surface area contributed by atoms with E-state index < -0.39 is 16.9 Å². The van der Waals surface area contributed by atoms with Gasteiger partial charge in [-0.25, -0.2) is 9.59 Å². The van der Waals surface area contributed by atoms with Gasteiger partial charge in [-0.2, -0.15) is 0 Å². The van der Waals surface area contributed by atoms with Gasteiger partial charge in [-0.15, -0.1) is 0 Å². The van der Waals surface area contributed by atoms with Crippen molar-refractivity contribution >= 4 is 23.3 Å². The van der Waals surface area contributed by atoms with E-state index in [0.29, 0.717) is 5.69 Å². The van der Waals surface area contributed by atoms with Crippen molar-refractivity contribution in [3.05, 3.63) is 46.2 Å². The molecule has 8 heteroatoms. The first-order valence-electron chi connectivity index (χ1n) is 5.37. The maximum Gasteiger partial charge on any atom is 0.354 e. The Kier molecular flexibility index (Phi) is 5.21. The van der Waals surface area contributed by atoms with Gasteiger partial charge >= 0.3 is 11.9 Å². The van der Waals surface area contributed by atoms with Gasteiger partial charge < -0.3 is 14.8 Å². The molecule has 0 heterocycles. The number of nitrogens with zero attached hydrogens (tertiary/aromatic N) is 1. The van der Waals surface area contributed by atoms with Crippen LogP contribution >= 0.6 is 0 Å². The van der Waals surface area contributed by atoms with Crippen LogP contribution in [0.15, 0.2) is 36.0 Å². The van der Waals surface area contributed by atoms with E-state index >= 15 is 0 Å². The molecule has 20 heavy (non-hydrogen) atoms. The van der Waals surface area contributed by atoms with Crippen LogP contribution in [-0.4, -0.2) is 31.1 Å². The molecule has 0 aliphatic rings. The summed E-state index contributed by atoms with van der Waals surface area (Å²) in [4.78, 5) is 32.6. The average molecular weight is 280 g/mol. The summed E-state index contributed by atoms with van der Waals surface area (Å²) in [5, 5.41) is 13.1. The normalized spacial score (nSPS) is 10.6. The van der Waals surface area contributed by atoms with E-state index in [-0.39, 0.29) is 11.4 Å². The van der Waals surface area contributed by atoms with Gasteiger partial charge in [0.05, 0.1) is 25.2 Å². The van der Waals surface area contributed by atoms with Crippen LogP contribution in [0.4, 0.5) is 11.4 Å². The molecule has 0 bridgehead atoms. The topological polar surface area (TPSA) is 108 Å². The molecule has 0 fully saturated rings. The Morgan fingerprint density at radius 2 is 1.80 bits per heavy atom. The Morgan fingerprint density at radius 1 is 1.20 bits per heavy atom. The van der Waals surface area contributed by atoms with Gasteiger partial charge in [0, 0.05) is 17.8 Å². The van der Waals surface area contributed by atoms with Crippen molar-refractivity contribution < 1.29 is 24.0 Å². The molecule has 1 aromatic carbocycles. The third kappa shape index (κ3) is 4.09. The van der Waals surface area contributed by atoms with E-state index in [2.05, 4.69) is 14.8 Å². The maximum atomic E-state index is 11.5. The highest BCUT2D eigenvalue weighted by Crippen LogP contribution is 2.17. The number of rotatable bonds is 5. The largest absolute Gasteiger partial charge is 0.466 e. The Hall–Kier alpha value is -2.90. The molecular weight excluding hydrogens is 268 g/mol. The number of non-ortho nitro benzene ring substituents is 1. The first-order valence-corrected chi connectivity index (χ1v) is 5.37. The Labute approximate surface area is 114 Å². The molecule has 0 aliphatic heterocycles. The molecule has 0 unspecified atom stereocenters. The quantitative estimate of drug-likeness (QED) is 0.374. The van der Waals surface area contributed by atoms with Gasteiger partial charge in [0.25, 0.3) is 5.69 Å². The van der Waals surface area contributed by atoms with Crippen LogP contribution in [0.2, 0.25) is 0 Å². The molecule has 0 spiro atoms. The van der Waals surface area contributed by atoms with E-state index in [1.807, 2.05) is 0 Å². The standard InChI is InChI=1S/C12H12N2O6/c1-19-11(15)7-10(12(16)20-2)13-8-3-5-9(6-4-8)14(17)18/h3-7,13H,1-2H3/b10-7+. The van der Waals surface area contributed by atoms with Crippen molar-refractivity contribution in [1.29, 1.82) is 0 Å². The number of nitro benzene ring substituents is 1. The number of ether oxygens (including phenoxy) is 2. The summed E-state index contributed by atoms with van der Waals surface area (Å²) >= 11 is 0. The number of benzene rings is 1. The fourth-order valence-corrected chi connectivity index (χ4v) is 1.25. The lowest BCUT2D eigenvalue weighted by Gasteiger charge is -2.08. The predicted octanol–water partition coefficient (Wildman–Crippen LogP) is 1.24. The number of esters is 2. The summed E-state index contributed by atoms with van der Waals surface area (Å²) in [5.41, 5.74) is 0.150. The van der Waals surface area contributed by atoms with Gasteiger partial charge in [0.15, 0.2) is 0 Å². The van der Waals surface area contributed by atoms with Crippen LogP contribution < -0.4 is 5.32 Å². The van der Waals surface area contributed by atoms with Crippen molar-refractivity contribution in [1.82, 2.24) is 0 Å². The second-order valence-corrected chi connectivity index (χ2v) is 3.50. The number of nitro groups is 1. The minimum atomic E-state index is -0.770. The van der Waals surface area contributed by atoms with Crippen LogP contribution in [0.25, 0.3) is 0 Å². The number of carbonyl (C=O) groups is 2. The van der Waals surface area contributed by atoms with Crippen LogP contribution in [0.5, 0.6) is 0 Å². The van der Waals surface area contributed by atoms with Crippen LogP contribution in [0.3, 0.4) is 0 Å². The van der Waals surface area contributed by atoms with Crippen LogP contribution in [0, 0.1) is 10.1 Å². The molecule has 0 atom stereocenters. The summed E-state index contributed by atoms with van der Waals surface area (Å²) in [7, 11) is 2.32. The second kappa shape index (κ2) is 6.88. The lowest BCUT2D eigenvalue weighted by atomic mass is 10.2. The van der Waals surface area contributed by atoms with Gasteiger partial charge in [0.1, 0.15) is 5.70 Å². The van der Waals surface area contributed by atoms with Gasteiger partial charge in [0.2, 0.25) is 0 Å². The van der Waals surface area contributed by atoms with E-state index in [1.54, 1.807) is 0 Å². The number of carbonyl (C=O) groups excluding carboxylic acids is 2. The fraction of sp³-hybridized carbons (Fsp3) is 0.167. The molecule has 1 N–H and O–H groups in total. The average Bonchev–Trinajstić information content (AvgIpc) is 2.46. The highest BCUT2D eigenvalue weighted by molar-refractivity contribution is 5.98. The summed E-state index contributed by atoms with van der Waals surface area (Å²) in [6.07, 6.45) is 0.924. The Balaban J connectivity index is 2.95.